The molecule has 5 rings (SSSR count). The van der Waals surface area contributed by atoms with Crippen LogP contribution in [0.3, 0.4) is 0 Å². The van der Waals surface area contributed by atoms with Gasteiger partial charge in [-0.25, -0.2) is 4.98 Å². The van der Waals surface area contributed by atoms with Crippen molar-refractivity contribution >= 4 is 28.6 Å². The van der Waals surface area contributed by atoms with Gasteiger partial charge in [-0.15, -0.1) is 0 Å². The summed E-state index contributed by atoms with van der Waals surface area (Å²) in [6, 6.07) is 26.9. The highest BCUT2D eigenvalue weighted by molar-refractivity contribution is 5.78. The Hall–Kier alpha value is -6.07. The Balaban J connectivity index is 1.72. The average molecular weight is 656 g/mol. The standard InChI is InChI=1S/C45H45N5/c1-6-8-10-16-26-37(5)49(45-47-43(36(4)25-15-9-7-2)46-44(48-45)38-27-17-14-18-28-38)40-31-23-32-41(34-40)50(42-33-22-21-24-35(42)3)39-29-19-12-11-13-20-30-39/h7-10,12,14-34H,2,5-6,11,13H2,1,3-4H3/b10-8-,15-9-,19-12-,26-16-,30-20?,36-25+,39-29?. The van der Waals surface area contributed by atoms with E-state index in [1.807, 2.05) is 78.6 Å². The Morgan fingerprint density at radius 3 is 2.42 bits per heavy atom. The van der Waals surface area contributed by atoms with Crippen LogP contribution in [-0.2, 0) is 0 Å². The van der Waals surface area contributed by atoms with Gasteiger partial charge in [0.1, 0.15) is 0 Å². The zero-order chi connectivity index (χ0) is 35.1. The second-order valence-corrected chi connectivity index (χ2v) is 11.8. The summed E-state index contributed by atoms with van der Waals surface area (Å²) in [4.78, 5) is 19.3. The SMILES string of the molecule is C=C/C=C\C=C(/C)c1nc(-c2ccccc2)nc(N(C(=C)/C=C\C=C/CC)c2cccc(N(C3=C/C=C\CCC=C3)c3ccccc3C)c2)n1. The van der Waals surface area contributed by atoms with Crippen LogP contribution in [0.1, 0.15) is 44.5 Å². The molecular weight excluding hydrogens is 611 g/mol. The minimum Gasteiger partial charge on any atom is -0.310 e. The zero-order valence-electron chi connectivity index (χ0n) is 29.3. The number of hydrogen-bond acceptors (Lipinski definition) is 5. The number of anilines is 4. The Morgan fingerprint density at radius 2 is 1.62 bits per heavy atom. The normalized spacial score (nSPS) is 14.1. The fraction of sp³-hybridized carbons (Fsp3) is 0.133. The number of nitrogens with zero attached hydrogens (tertiary/aromatic N) is 5. The molecule has 1 aliphatic carbocycles. The van der Waals surface area contributed by atoms with E-state index < -0.39 is 0 Å². The fourth-order valence-electron chi connectivity index (χ4n) is 5.45. The minimum absolute atomic E-state index is 0.469. The first-order chi connectivity index (χ1) is 24.5. The number of hydrogen-bond donors (Lipinski definition) is 0. The number of rotatable bonds is 13. The summed E-state index contributed by atoms with van der Waals surface area (Å²) in [6.07, 6.45) is 29.6. The summed E-state index contributed by atoms with van der Waals surface area (Å²) in [6.45, 7) is 14.6. The summed E-state index contributed by atoms with van der Waals surface area (Å²) < 4.78 is 0. The highest BCUT2D eigenvalue weighted by Gasteiger charge is 2.22. The largest absolute Gasteiger partial charge is 0.310 e. The monoisotopic (exact) mass is 655 g/mol. The molecule has 1 aromatic heterocycles. The van der Waals surface area contributed by atoms with Crippen LogP contribution in [0.5, 0.6) is 0 Å². The summed E-state index contributed by atoms with van der Waals surface area (Å²) in [7, 11) is 0. The maximum Gasteiger partial charge on any atom is 0.238 e. The van der Waals surface area contributed by atoms with Crippen LogP contribution in [0, 0.1) is 6.92 Å². The van der Waals surface area contributed by atoms with Crippen molar-refractivity contribution in [3.63, 3.8) is 0 Å². The molecule has 0 atom stereocenters. The molecule has 4 aromatic rings. The Labute approximate surface area is 297 Å². The molecule has 50 heavy (non-hydrogen) atoms. The lowest BCUT2D eigenvalue weighted by Crippen LogP contribution is -2.20. The predicted molar refractivity (Wildman–Crippen MR) is 213 cm³/mol. The van der Waals surface area contributed by atoms with Crippen molar-refractivity contribution in [3.8, 4) is 11.4 Å². The van der Waals surface area contributed by atoms with Gasteiger partial charge in [0.15, 0.2) is 11.6 Å². The van der Waals surface area contributed by atoms with Crippen molar-refractivity contribution in [2.45, 2.75) is 40.0 Å². The smallest absolute Gasteiger partial charge is 0.238 e. The quantitative estimate of drug-likeness (QED) is 0.134. The molecule has 0 spiro atoms. The third-order valence-corrected chi connectivity index (χ3v) is 8.01. The van der Waals surface area contributed by atoms with Crippen LogP contribution < -0.4 is 9.80 Å². The lowest BCUT2D eigenvalue weighted by molar-refractivity contribution is 0.977. The van der Waals surface area contributed by atoms with Crippen LogP contribution >= 0.6 is 0 Å². The van der Waals surface area contributed by atoms with Crippen LogP contribution in [0.15, 0.2) is 182 Å². The maximum absolute atomic E-state index is 5.07. The van der Waals surface area contributed by atoms with E-state index in [1.165, 1.54) is 5.56 Å². The van der Waals surface area contributed by atoms with E-state index in [0.29, 0.717) is 23.3 Å². The summed E-state index contributed by atoms with van der Waals surface area (Å²) >= 11 is 0. The Bertz CT molecular complexity index is 2010. The predicted octanol–water partition coefficient (Wildman–Crippen LogP) is 12.1. The molecule has 0 saturated carbocycles. The van der Waals surface area contributed by atoms with Crippen molar-refractivity contribution in [1.29, 1.82) is 0 Å². The van der Waals surface area contributed by atoms with Crippen LogP contribution in [0.4, 0.5) is 23.0 Å². The molecule has 0 unspecified atom stereocenters. The summed E-state index contributed by atoms with van der Waals surface area (Å²) in [5.74, 6) is 1.62. The van der Waals surface area contributed by atoms with Crippen LogP contribution in [0.25, 0.3) is 17.0 Å². The van der Waals surface area contributed by atoms with Crippen molar-refractivity contribution in [3.05, 3.63) is 194 Å². The Kier molecular flexibility index (Phi) is 12.6. The topological polar surface area (TPSA) is 45.2 Å². The molecule has 0 radical (unpaired) electrons. The minimum atomic E-state index is 0.469. The van der Waals surface area contributed by atoms with E-state index in [-0.39, 0.29) is 0 Å². The molecule has 0 N–H and O–H groups in total. The van der Waals surface area contributed by atoms with E-state index in [9.17, 15) is 0 Å². The second-order valence-electron chi connectivity index (χ2n) is 11.8. The van der Waals surface area contributed by atoms with Gasteiger partial charge >= 0.3 is 0 Å². The number of aryl methyl sites for hydroxylation is 1. The molecule has 0 saturated heterocycles. The molecule has 1 aliphatic rings. The molecule has 0 bridgehead atoms. The molecule has 0 amide bonds. The summed E-state index contributed by atoms with van der Waals surface area (Å²) in [5, 5.41) is 0. The number of allylic oxidation sites excluding steroid dienone is 14. The van der Waals surface area contributed by atoms with Gasteiger partial charge in [0.05, 0.1) is 5.69 Å². The van der Waals surface area contributed by atoms with Gasteiger partial charge in [-0.2, -0.15) is 9.97 Å². The molecule has 1 heterocycles. The molecule has 3 aromatic carbocycles. The van der Waals surface area contributed by atoms with Gasteiger partial charge in [-0.05, 0) is 86.7 Å². The number of para-hydroxylation sites is 1. The van der Waals surface area contributed by atoms with E-state index in [0.717, 1.165) is 53.2 Å². The average Bonchev–Trinajstić information content (AvgIpc) is 3.12. The van der Waals surface area contributed by atoms with Crippen molar-refractivity contribution in [2.75, 3.05) is 9.80 Å². The molecule has 0 aliphatic heterocycles. The lowest BCUT2D eigenvalue weighted by Gasteiger charge is -2.30. The molecule has 5 heteroatoms. The van der Waals surface area contributed by atoms with E-state index in [1.54, 1.807) is 6.08 Å². The van der Waals surface area contributed by atoms with Crippen molar-refractivity contribution in [2.24, 2.45) is 0 Å². The van der Waals surface area contributed by atoms with Crippen LogP contribution in [-0.4, -0.2) is 15.0 Å². The lowest BCUT2D eigenvalue weighted by atomic mass is 10.1. The second kappa shape index (κ2) is 17.9. The van der Waals surface area contributed by atoms with Crippen molar-refractivity contribution in [1.82, 2.24) is 15.0 Å². The molecule has 5 nitrogen and oxygen atoms in total. The first-order valence-electron chi connectivity index (χ1n) is 17.1. The van der Waals surface area contributed by atoms with Gasteiger partial charge in [0.2, 0.25) is 5.95 Å². The van der Waals surface area contributed by atoms with Gasteiger partial charge in [0.25, 0.3) is 0 Å². The summed E-state index contributed by atoms with van der Waals surface area (Å²) in [5.41, 5.74) is 7.72. The number of benzene rings is 3. The molecule has 250 valence electrons. The third-order valence-electron chi connectivity index (χ3n) is 8.01. The first-order valence-corrected chi connectivity index (χ1v) is 17.1. The van der Waals surface area contributed by atoms with Gasteiger partial charge < -0.3 is 4.90 Å². The van der Waals surface area contributed by atoms with E-state index in [2.05, 4.69) is 117 Å². The van der Waals surface area contributed by atoms with Crippen molar-refractivity contribution < 1.29 is 0 Å². The molecular formula is C45H45N5. The highest BCUT2D eigenvalue weighted by atomic mass is 15.3. The maximum atomic E-state index is 5.07. The number of aromatic nitrogens is 3. The highest BCUT2D eigenvalue weighted by Crippen LogP contribution is 2.38. The third kappa shape index (κ3) is 9.09. The van der Waals surface area contributed by atoms with Crippen LogP contribution in [0.2, 0.25) is 0 Å². The first kappa shape index (κ1) is 35.2. The van der Waals surface area contributed by atoms with Gasteiger partial charge in [0, 0.05) is 28.3 Å². The zero-order valence-corrected chi connectivity index (χ0v) is 29.3. The fourth-order valence-corrected chi connectivity index (χ4v) is 5.45. The van der Waals surface area contributed by atoms with Gasteiger partial charge in [-0.3, -0.25) is 4.90 Å². The molecule has 0 fully saturated rings. The van der Waals surface area contributed by atoms with Gasteiger partial charge in [-0.1, -0.05) is 135 Å². The Morgan fingerprint density at radius 1 is 0.840 bits per heavy atom. The van der Waals surface area contributed by atoms with E-state index in [4.69, 9.17) is 15.0 Å². The van der Waals surface area contributed by atoms with E-state index >= 15 is 0 Å².